The molecule has 152 valence electrons. The maximum Gasteiger partial charge on any atom is 0.192 e. The number of ether oxygens (including phenoxy) is 1. The first-order valence-corrected chi connectivity index (χ1v) is 13.6. The highest BCUT2D eigenvalue weighted by atomic mass is 28.4. The van der Waals surface area contributed by atoms with Crippen LogP contribution in [0, 0.1) is 11.8 Å². The second-order valence-electron chi connectivity index (χ2n) is 8.05. The summed E-state index contributed by atoms with van der Waals surface area (Å²) in [4.78, 5) is 0. The molecule has 0 radical (unpaired) electrons. The van der Waals surface area contributed by atoms with Crippen molar-refractivity contribution in [2.45, 2.75) is 84.2 Å². The van der Waals surface area contributed by atoms with Crippen molar-refractivity contribution in [1.29, 1.82) is 0 Å². The highest BCUT2D eigenvalue weighted by Gasteiger charge is 2.37. The van der Waals surface area contributed by atoms with Gasteiger partial charge in [-0.3, -0.25) is 0 Å². The zero-order chi connectivity index (χ0) is 19.5. The van der Waals surface area contributed by atoms with Crippen molar-refractivity contribution in [3.8, 4) is 0 Å². The van der Waals surface area contributed by atoms with Gasteiger partial charge in [0, 0.05) is 5.92 Å². The number of hydrogen-bond acceptors (Lipinski definition) is 2. The molecule has 2 nitrogen and oxygen atoms in total. The molecule has 27 heavy (non-hydrogen) atoms. The van der Waals surface area contributed by atoms with Gasteiger partial charge >= 0.3 is 0 Å². The van der Waals surface area contributed by atoms with Crippen molar-refractivity contribution in [1.82, 2.24) is 0 Å². The third kappa shape index (κ3) is 6.58. The summed E-state index contributed by atoms with van der Waals surface area (Å²) in [5, 5.41) is 0. The molecule has 0 spiro atoms. The summed E-state index contributed by atoms with van der Waals surface area (Å²) in [7, 11) is -1.59. The summed E-state index contributed by atoms with van der Waals surface area (Å²) in [6, 6.07) is 14.2. The number of allylic oxidation sites excluding steroid dienone is 1. The third-order valence-corrected chi connectivity index (χ3v) is 11.1. The molecule has 0 unspecified atom stereocenters. The zero-order valence-electron chi connectivity index (χ0n) is 18.0. The molecular weight excluding hydrogens is 348 g/mol. The number of benzene rings is 1. The van der Waals surface area contributed by atoms with Gasteiger partial charge in [0.25, 0.3) is 0 Å². The summed E-state index contributed by atoms with van der Waals surface area (Å²) in [6.07, 6.45) is 10.1. The Balaban J connectivity index is 2.05. The maximum absolute atomic E-state index is 7.00. The van der Waals surface area contributed by atoms with Crippen LogP contribution in [0.1, 0.15) is 58.9 Å². The Kier molecular flexibility index (Phi) is 9.81. The molecule has 3 atom stereocenters. The van der Waals surface area contributed by atoms with Crippen LogP contribution in [0.25, 0.3) is 0 Å². The predicted octanol–water partition coefficient (Wildman–Crippen LogP) is 6.98. The van der Waals surface area contributed by atoms with E-state index in [0.29, 0.717) is 24.5 Å². The molecule has 0 aliphatic heterocycles. The molecule has 0 amide bonds. The molecular formula is C24H40O2Si. The van der Waals surface area contributed by atoms with Gasteiger partial charge in [0.1, 0.15) is 0 Å². The fourth-order valence-electron chi connectivity index (χ4n) is 4.50. The molecule has 1 saturated carbocycles. The molecule has 1 aromatic carbocycles. The molecule has 1 aliphatic carbocycles. The van der Waals surface area contributed by atoms with Crippen LogP contribution in [-0.4, -0.2) is 21.0 Å². The largest absolute Gasteiger partial charge is 0.413 e. The average Bonchev–Trinajstić information content (AvgIpc) is 2.90. The van der Waals surface area contributed by atoms with E-state index in [1.165, 1.54) is 49.4 Å². The Bertz CT molecular complexity index is 530. The zero-order valence-corrected chi connectivity index (χ0v) is 19.0. The Morgan fingerprint density at radius 1 is 1.00 bits per heavy atom. The van der Waals surface area contributed by atoms with Gasteiger partial charge in [-0.2, -0.15) is 0 Å². The predicted molar refractivity (Wildman–Crippen MR) is 118 cm³/mol. The lowest BCUT2D eigenvalue weighted by molar-refractivity contribution is 0.0396. The van der Waals surface area contributed by atoms with Crippen LogP contribution < -0.4 is 0 Å². The van der Waals surface area contributed by atoms with Gasteiger partial charge in [0.2, 0.25) is 0 Å². The van der Waals surface area contributed by atoms with Crippen LogP contribution in [0.2, 0.25) is 18.1 Å². The summed E-state index contributed by atoms with van der Waals surface area (Å²) in [6.45, 7) is 10.7. The van der Waals surface area contributed by atoms with Gasteiger partial charge < -0.3 is 9.16 Å². The topological polar surface area (TPSA) is 18.5 Å². The number of hydrogen-bond donors (Lipinski definition) is 0. The lowest BCUT2D eigenvalue weighted by Crippen LogP contribution is -2.43. The van der Waals surface area contributed by atoms with Crippen LogP contribution in [0.15, 0.2) is 42.5 Å². The highest BCUT2D eigenvalue weighted by Crippen LogP contribution is 2.36. The van der Waals surface area contributed by atoms with E-state index in [0.717, 1.165) is 6.61 Å². The van der Waals surface area contributed by atoms with Crippen LogP contribution in [0.3, 0.4) is 0 Å². The normalized spacial score (nSPS) is 24.2. The Hall–Kier alpha value is -0.903. The van der Waals surface area contributed by atoms with E-state index in [9.17, 15) is 0 Å². The van der Waals surface area contributed by atoms with E-state index < -0.39 is 8.32 Å². The molecule has 3 heteroatoms. The highest BCUT2D eigenvalue weighted by molar-refractivity contribution is 6.73. The second-order valence-corrected chi connectivity index (χ2v) is 12.8. The minimum Gasteiger partial charge on any atom is -0.413 e. The molecule has 1 aliphatic rings. The lowest BCUT2D eigenvalue weighted by atomic mass is 9.86. The molecule has 0 saturated heterocycles. The van der Waals surface area contributed by atoms with Gasteiger partial charge in [-0.25, -0.2) is 0 Å². The third-order valence-electron chi connectivity index (χ3n) is 6.48. The lowest BCUT2D eigenvalue weighted by Gasteiger charge is -2.38. The Morgan fingerprint density at radius 2 is 1.67 bits per heavy atom. The van der Waals surface area contributed by atoms with E-state index in [2.05, 4.69) is 70.2 Å². The number of rotatable bonds is 10. The SMILES string of the molecule is C/C=C/[C@@H]1[C@@H](COCc2ccccc2)CCCC[C@H]1O[Si](CC)(CC)CC. The molecule has 0 heterocycles. The van der Waals surface area contributed by atoms with E-state index in [1.807, 2.05) is 0 Å². The minimum absolute atomic E-state index is 0.376. The van der Waals surface area contributed by atoms with Crippen molar-refractivity contribution >= 4 is 8.32 Å². The Labute approximate surface area is 168 Å². The fourth-order valence-corrected chi connectivity index (χ4v) is 7.42. The van der Waals surface area contributed by atoms with E-state index >= 15 is 0 Å². The standard InChI is InChI=1S/C24H40O2Si/c1-5-14-23-22(20-25-19-21-15-10-9-11-16-21)17-12-13-18-24(23)26-27(6-2,7-3)8-4/h5,9-11,14-16,22-24H,6-8,12-13,17-20H2,1-4H3/b14-5+/t22-,23-,24-/m1/s1. The van der Waals surface area contributed by atoms with Gasteiger partial charge in [0.15, 0.2) is 8.32 Å². The van der Waals surface area contributed by atoms with Crippen molar-refractivity contribution in [3.63, 3.8) is 0 Å². The average molecular weight is 389 g/mol. The van der Waals surface area contributed by atoms with Crippen LogP contribution >= 0.6 is 0 Å². The van der Waals surface area contributed by atoms with Gasteiger partial charge in [-0.05, 0) is 49.4 Å². The van der Waals surface area contributed by atoms with Gasteiger partial charge in [0.05, 0.1) is 19.3 Å². The smallest absolute Gasteiger partial charge is 0.192 e. The summed E-state index contributed by atoms with van der Waals surface area (Å²) >= 11 is 0. The monoisotopic (exact) mass is 388 g/mol. The van der Waals surface area contributed by atoms with Crippen LogP contribution in [-0.2, 0) is 15.8 Å². The summed E-state index contributed by atoms with van der Waals surface area (Å²) < 4.78 is 13.2. The van der Waals surface area contributed by atoms with E-state index in [4.69, 9.17) is 9.16 Å². The first-order valence-electron chi connectivity index (χ1n) is 11.1. The van der Waals surface area contributed by atoms with Crippen molar-refractivity contribution in [2.24, 2.45) is 11.8 Å². The Morgan fingerprint density at radius 3 is 2.30 bits per heavy atom. The van der Waals surface area contributed by atoms with Gasteiger partial charge in [-0.15, -0.1) is 0 Å². The minimum atomic E-state index is -1.59. The van der Waals surface area contributed by atoms with Crippen molar-refractivity contribution < 1.29 is 9.16 Å². The molecule has 1 fully saturated rings. The quantitative estimate of drug-likeness (QED) is 0.245. The van der Waals surface area contributed by atoms with Gasteiger partial charge in [-0.1, -0.05) is 76.1 Å². The molecule has 0 aromatic heterocycles. The summed E-state index contributed by atoms with van der Waals surface area (Å²) in [5.41, 5.74) is 1.26. The molecule has 2 rings (SSSR count). The molecule has 0 N–H and O–H groups in total. The summed E-state index contributed by atoms with van der Waals surface area (Å²) in [5.74, 6) is 1.06. The second kappa shape index (κ2) is 11.8. The van der Waals surface area contributed by atoms with Crippen LogP contribution in [0.5, 0.6) is 0 Å². The van der Waals surface area contributed by atoms with Crippen molar-refractivity contribution in [2.75, 3.05) is 6.61 Å². The maximum atomic E-state index is 7.00. The van der Waals surface area contributed by atoms with E-state index in [1.54, 1.807) is 0 Å². The van der Waals surface area contributed by atoms with E-state index in [-0.39, 0.29) is 0 Å². The van der Waals surface area contributed by atoms with Crippen molar-refractivity contribution in [3.05, 3.63) is 48.0 Å². The van der Waals surface area contributed by atoms with Crippen LogP contribution in [0.4, 0.5) is 0 Å². The first-order chi connectivity index (χ1) is 13.2. The first kappa shape index (κ1) is 22.4. The molecule has 0 bridgehead atoms. The fraction of sp³-hybridized carbons (Fsp3) is 0.667. The molecule has 1 aromatic rings.